The molecule has 29 heavy (non-hydrogen) atoms. The van der Waals surface area contributed by atoms with Crippen molar-refractivity contribution in [1.82, 2.24) is 9.55 Å². The number of benzene rings is 4. The molecule has 0 bridgehead atoms. The predicted octanol–water partition coefficient (Wildman–Crippen LogP) is 7.22. The normalized spacial score (nSPS) is 12.7. The van der Waals surface area contributed by atoms with Gasteiger partial charge in [0.25, 0.3) is 0 Å². The zero-order valence-electron chi connectivity index (χ0n) is 16.9. The Labute approximate surface area is 169 Å². The quantitative estimate of drug-likeness (QED) is 0.278. The van der Waals surface area contributed by atoms with E-state index in [1.165, 1.54) is 49.2 Å². The van der Waals surface area contributed by atoms with Gasteiger partial charge in [0.15, 0.2) is 0 Å². The van der Waals surface area contributed by atoms with Gasteiger partial charge in [0.05, 0.1) is 16.6 Å². The van der Waals surface area contributed by atoms with Crippen molar-refractivity contribution < 1.29 is 0 Å². The molecule has 2 heterocycles. The lowest BCUT2D eigenvalue weighted by molar-refractivity contribution is 0.591. The molecule has 0 amide bonds. The number of aromatic nitrogens is 2. The van der Waals surface area contributed by atoms with Crippen molar-refractivity contribution >= 4 is 43.5 Å². The molecule has 2 aromatic heterocycles. The average molecular weight is 374 g/mol. The summed E-state index contributed by atoms with van der Waals surface area (Å²) in [5.74, 6) is 0. The Balaban J connectivity index is 1.97. The molecule has 0 unspecified atom stereocenters. The smallest absolute Gasteiger partial charge is 0.0808 e. The van der Waals surface area contributed by atoms with Crippen LogP contribution in [0.25, 0.3) is 49.2 Å². The molecule has 0 spiro atoms. The van der Waals surface area contributed by atoms with E-state index in [0.717, 1.165) is 5.52 Å². The fourth-order valence-electron chi connectivity index (χ4n) is 4.71. The highest BCUT2D eigenvalue weighted by atomic mass is 15.0. The van der Waals surface area contributed by atoms with Gasteiger partial charge < -0.3 is 4.57 Å². The second-order valence-electron chi connectivity index (χ2n) is 8.94. The van der Waals surface area contributed by atoms with Gasteiger partial charge in [-0.1, -0.05) is 63.2 Å². The van der Waals surface area contributed by atoms with Crippen molar-refractivity contribution in [3.63, 3.8) is 0 Å². The van der Waals surface area contributed by atoms with Crippen molar-refractivity contribution in [2.75, 3.05) is 0 Å². The molecular formula is C27H22N2. The third kappa shape index (κ3) is 2.20. The van der Waals surface area contributed by atoms with Crippen LogP contribution in [0.4, 0.5) is 0 Å². The Morgan fingerprint density at radius 3 is 2.17 bits per heavy atom. The second-order valence-corrected chi connectivity index (χ2v) is 8.94. The van der Waals surface area contributed by atoms with Gasteiger partial charge in [-0.2, -0.15) is 0 Å². The first-order valence-electron chi connectivity index (χ1n) is 10.2. The third-order valence-electron chi connectivity index (χ3n) is 6.13. The lowest BCUT2D eigenvalue weighted by Crippen LogP contribution is -2.11. The fraction of sp³-hybridized carbons (Fsp3) is 0.148. The van der Waals surface area contributed by atoms with Crippen LogP contribution in [0.1, 0.15) is 26.3 Å². The summed E-state index contributed by atoms with van der Waals surface area (Å²) in [4.78, 5) is 4.83. The minimum Gasteiger partial charge on any atom is -0.309 e. The molecule has 0 fully saturated rings. The van der Waals surface area contributed by atoms with Gasteiger partial charge in [-0.3, -0.25) is 4.98 Å². The maximum atomic E-state index is 4.83. The van der Waals surface area contributed by atoms with Gasteiger partial charge >= 0.3 is 0 Å². The van der Waals surface area contributed by atoms with Crippen LogP contribution >= 0.6 is 0 Å². The molecule has 0 N–H and O–H groups in total. The second kappa shape index (κ2) is 5.57. The van der Waals surface area contributed by atoms with E-state index in [-0.39, 0.29) is 5.41 Å². The van der Waals surface area contributed by atoms with Crippen LogP contribution in [0, 0.1) is 0 Å². The SMILES string of the molecule is CC(C)(C)c1cc2c3ccccc3c3nccc4c3c2c(c1)n4-c1ccccc1. The number of rotatable bonds is 1. The molecule has 6 aromatic rings. The van der Waals surface area contributed by atoms with Crippen molar-refractivity contribution in [2.45, 2.75) is 26.2 Å². The van der Waals surface area contributed by atoms with Gasteiger partial charge in [0.1, 0.15) is 0 Å². The minimum absolute atomic E-state index is 0.0656. The van der Waals surface area contributed by atoms with Gasteiger partial charge in [-0.25, -0.2) is 0 Å². The zero-order valence-corrected chi connectivity index (χ0v) is 16.9. The number of pyridine rings is 1. The molecule has 0 radical (unpaired) electrons. The first kappa shape index (κ1) is 16.6. The van der Waals surface area contributed by atoms with E-state index in [4.69, 9.17) is 4.98 Å². The minimum atomic E-state index is 0.0656. The summed E-state index contributed by atoms with van der Waals surface area (Å²) in [6, 6.07) is 26.3. The number of nitrogens with zero attached hydrogens (tertiary/aromatic N) is 2. The summed E-state index contributed by atoms with van der Waals surface area (Å²) >= 11 is 0. The monoisotopic (exact) mass is 374 g/mol. The first-order chi connectivity index (χ1) is 14.0. The zero-order chi connectivity index (χ0) is 19.8. The van der Waals surface area contributed by atoms with E-state index in [0.29, 0.717) is 0 Å². The van der Waals surface area contributed by atoms with Crippen molar-refractivity contribution in [2.24, 2.45) is 0 Å². The summed E-state index contributed by atoms with van der Waals surface area (Å²) in [6.45, 7) is 6.87. The number of hydrogen-bond donors (Lipinski definition) is 0. The Kier molecular flexibility index (Phi) is 3.18. The molecule has 2 heteroatoms. The van der Waals surface area contributed by atoms with Crippen molar-refractivity contribution in [3.05, 3.63) is 84.6 Å². The molecule has 0 aliphatic carbocycles. The van der Waals surface area contributed by atoms with Crippen LogP contribution in [0.5, 0.6) is 0 Å². The highest BCUT2D eigenvalue weighted by Gasteiger charge is 2.23. The molecule has 0 saturated carbocycles. The number of para-hydroxylation sites is 1. The molecule has 0 aliphatic rings. The summed E-state index contributed by atoms with van der Waals surface area (Å²) in [5.41, 5.74) is 6.18. The van der Waals surface area contributed by atoms with Crippen molar-refractivity contribution in [3.8, 4) is 5.69 Å². The van der Waals surface area contributed by atoms with E-state index in [9.17, 15) is 0 Å². The van der Waals surface area contributed by atoms with Crippen LogP contribution in [0.3, 0.4) is 0 Å². The summed E-state index contributed by atoms with van der Waals surface area (Å²) in [5, 5.41) is 6.41. The van der Waals surface area contributed by atoms with Crippen LogP contribution in [-0.2, 0) is 5.41 Å². The van der Waals surface area contributed by atoms with Gasteiger partial charge in [0, 0.05) is 28.0 Å². The molecule has 6 rings (SSSR count). The number of hydrogen-bond acceptors (Lipinski definition) is 1. The third-order valence-corrected chi connectivity index (χ3v) is 6.13. The molecule has 4 aromatic carbocycles. The molecule has 0 saturated heterocycles. The summed E-state index contributed by atoms with van der Waals surface area (Å²) < 4.78 is 2.40. The molecule has 140 valence electrons. The van der Waals surface area contributed by atoms with Gasteiger partial charge in [-0.05, 0) is 52.1 Å². The Bertz CT molecular complexity index is 1520. The van der Waals surface area contributed by atoms with Crippen LogP contribution in [0.2, 0.25) is 0 Å². The molecule has 0 atom stereocenters. The Morgan fingerprint density at radius 2 is 1.41 bits per heavy atom. The van der Waals surface area contributed by atoms with E-state index < -0.39 is 0 Å². The lowest BCUT2D eigenvalue weighted by atomic mass is 9.84. The first-order valence-corrected chi connectivity index (χ1v) is 10.2. The maximum Gasteiger partial charge on any atom is 0.0808 e. The van der Waals surface area contributed by atoms with E-state index >= 15 is 0 Å². The number of fused-ring (bicyclic) bond motifs is 3. The summed E-state index contributed by atoms with van der Waals surface area (Å²) in [7, 11) is 0. The van der Waals surface area contributed by atoms with Crippen LogP contribution in [0.15, 0.2) is 79.0 Å². The van der Waals surface area contributed by atoms with Crippen LogP contribution < -0.4 is 0 Å². The van der Waals surface area contributed by atoms with E-state index in [1.54, 1.807) is 0 Å². The highest BCUT2D eigenvalue weighted by Crippen LogP contribution is 2.44. The van der Waals surface area contributed by atoms with Crippen LogP contribution in [-0.4, -0.2) is 9.55 Å². The Morgan fingerprint density at radius 1 is 0.690 bits per heavy atom. The fourth-order valence-corrected chi connectivity index (χ4v) is 4.71. The highest BCUT2D eigenvalue weighted by molar-refractivity contribution is 6.33. The lowest BCUT2D eigenvalue weighted by Gasteiger charge is -2.21. The van der Waals surface area contributed by atoms with E-state index in [1.807, 2.05) is 6.20 Å². The van der Waals surface area contributed by atoms with Crippen molar-refractivity contribution in [1.29, 1.82) is 0 Å². The summed E-state index contributed by atoms with van der Waals surface area (Å²) in [6.07, 6.45) is 1.95. The van der Waals surface area contributed by atoms with E-state index in [2.05, 4.69) is 98.1 Å². The predicted molar refractivity (Wildman–Crippen MR) is 123 cm³/mol. The molecule has 0 aliphatic heterocycles. The standard InChI is InChI=1S/C27H22N2/c1-27(2,3)17-15-21-19-11-7-8-12-20(19)26-25-22(13-14-28-26)29(23(16-17)24(21)25)18-9-5-4-6-10-18/h4-16H,1-3H3. The average Bonchev–Trinajstić information content (AvgIpc) is 3.07. The van der Waals surface area contributed by atoms with Gasteiger partial charge in [0.2, 0.25) is 0 Å². The Hall–Kier alpha value is -3.39. The largest absolute Gasteiger partial charge is 0.309 e. The molecular weight excluding hydrogens is 352 g/mol. The molecule has 2 nitrogen and oxygen atoms in total. The van der Waals surface area contributed by atoms with Gasteiger partial charge in [-0.15, -0.1) is 0 Å². The topological polar surface area (TPSA) is 17.8 Å². The maximum absolute atomic E-state index is 4.83.